The van der Waals surface area contributed by atoms with E-state index >= 15 is 0 Å². The Morgan fingerprint density at radius 2 is 1.88 bits per heavy atom. The molecule has 0 amide bonds. The number of nitrogens with zero attached hydrogens (tertiary/aromatic N) is 1. The summed E-state index contributed by atoms with van der Waals surface area (Å²) in [5.41, 5.74) is 2.39. The first kappa shape index (κ1) is 21.9. The molecule has 1 aliphatic heterocycles. The summed E-state index contributed by atoms with van der Waals surface area (Å²) in [6, 6.07) is 4.61. The van der Waals surface area contributed by atoms with Gasteiger partial charge >= 0.3 is 0 Å². The number of methoxy groups -OCH3 is 1. The zero-order valence-electron chi connectivity index (χ0n) is 21.5. The lowest BCUT2D eigenvalue weighted by Crippen LogP contribution is -2.79. The Morgan fingerprint density at radius 1 is 1.12 bits per heavy atom. The van der Waals surface area contributed by atoms with E-state index in [1.807, 2.05) is 13.2 Å². The Morgan fingerprint density at radius 3 is 2.56 bits per heavy atom. The first-order valence-corrected chi connectivity index (χ1v) is 13.6. The Labute approximate surface area is 204 Å². The molecule has 0 radical (unpaired) electrons. The third-order valence-corrected chi connectivity index (χ3v) is 11.9. The Bertz CT molecular complexity index is 1100. The number of rotatable bonds is 4. The smallest absolute Gasteiger partial charge is 0.119 e. The second kappa shape index (κ2) is 6.30. The second-order valence-corrected chi connectivity index (χ2v) is 13.8. The third kappa shape index (κ3) is 2.24. The standard InChI is InChI=1S/C30H41NO3/c1-26(2,3)27(4,33)23-16-28-10-11-30(23,34-5)22-15-20-21(32)9-8-19-14-24(28)31(17-18-6-7-18)13-12-29(22,28)25(19)20/h8-11,18,22-24,32-33H,6-7,12-17H2,1-5H3/t22-,23-,24-,27+,28-,29-,30-/m1/s1. The van der Waals surface area contributed by atoms with Crippen LogP contribution >= 0.6 is 0 Å². The van der Waals surface area contributed by atoms with Crippen LogP contribution in [-0.2, 0) is 23.0 Å². The predicted octanol–water partition coefficient (Wildman–Crippen LogP) is 4.60. The Hall–Kier alpha value is -1.36. The SMILES string of the molecule is CO[C@@]12C=C[C@@]3(C[C@@H]1[C@](C)(O)C(C)(C)C)[C@H]1Cc4ccc(O)c5c4[C@@]3(CCN1CC1CC1)[C@H]2C5. The number of aromatic hydroxyl groups is 1. The number of likely N-dealkylation sites (tertiary alicyclic amines) is 1. The molecule has 1 aromatic carbocycles. The van der Waals surface area contributed by atoms with Crippen molar-refractivity contribution in [3.8, 4) is 5.75 Å². The lowest BCUT2D eigenvalue weighted by molar-refractivity contribution is -0.255. The fraction of sp³-hybridized carbons (Fsp3) is 0.733. The van der Waals surface area contributed by atoms with E-state index in [0.29, 0.717) is 11.8 Å². The van der Waals surface area contributed by atoms with E-state index in [4.69, 9.17) is 4.74 Å². The predicted molar refractivity (Wildman–Crippen MR) is 133 cm³/mol. The van der Waals surface area contributed by atoms with Crippen LogP contribution in [0.1, 0.15) is 70.1 Å². The van der Waals surface area contributed by atoms with Gasteiger partial charge in [0, 0.05) is 42.4 Å². The molecule has 7 aliphatic rings. The van der Waals surface area contributed by atoms with E-state index in [0.717, 1.165) is 38.1 Å². The maximum Gasteiger partial charge on any atom is 0.119 e. The summed E-state index contributed by atoms with van der Waals surface area (Å²) < 4.78 is 6.60. The lowest BCUT2D eigenvalue weighted by atomic mass is 9.34. The number of benzene rings is 1. The van der Waals surface area contributed by atoms with Crippen molar-refractivity contribution in [1.82, 2.24) is 4.90 Å². The molecule has 7 atom stereocenters. The summed E-state index contributed by atoms with van der Waals surface area (Å²) >= 11 is 0. The maximum atomic E-state index is 12.2. The number of piperidine rings is 1. The molecule has 1 saturated heterocycles. The highest BCUT2D eigenvalue weighted by Gasteiger charge is 2.79. The Kier molecular flexibility index (Phi) is 4.06. The number of hydrogen-bond donors (Lipinski definition) is 2. The van der Waals surface area contributed by atoms with Gasteiger partial charge in [-0.1, -0.05) is 39.0 Å². The molecule has 2 saturated carbocycles. The molecule has 184 valence electrons. The largest absolute Gasteiger partial charge is 0.508 e. The highest BCUT2D eigenvalue weighted by molar-refractivity contribution is 5.62. The van der Waals surface area contributed by atoms with Gasteiger partial charge in [-0.25, -0.2) is 0 Å². The summed E-state index contributed by atoms with van der Waals surface area (Å²) in [6.45, 7) is 10.9. The highest BCUT2D eigenvalue weighted by Crippen LogP contribution is 2.77. The zero-order chi connectivity index (χ0) is 23.9. The molecule has 1 heterocycles. The monoisotopic (exact) mass is 463 g/mol. The number of phenols is 1. The topological polar surface area (TPSA) is 52.9 Å². The molecule has 3 fully saturated rings. The normalized spacial score (nSPS) is 43.6. The van der Waals surface area contributed by atoms with Crippen molar-refractivity contribution in [3.05, 3.63) is 41.0 Å². The minimum atomic E-state index is -0.880. The van der Waals surface area contributed by atoms with Gasteiger partial charge in [0.2, 0.25) is 0 Å². The van der Waals surface area contributed by atoms with Gasteiger partial charge in [0.15, 0.2) is 0 Å². The van der Waals surface area contributed by atoms with Gasteiger partial charge in [-0.15, -0.1) is 0 Å². The summed E-state index contributed by atoms with van der Waals surface area (Å²) in [6.07, 6.45) is 11.7. The van der Waals surface area contributed by atoms with Crippen molar-refractivity contribution < 1.29 is 14.9 Å². The van der Waals surface area contributed by atoms with Crippen molar-refractivity contribution in [1.29, 1.82) is 0 Å². The van der Waals surface area contributed by atoms with Gasteiger partial charge in [0.1, 0.15) is 5.75 Å². The van der Waals surface area contributed by atoms with Crippen LogP contribution in [0.15, 0.2) is 24.3 Å². The van der Waals surface area contributed by atoms with Crippen molar-refractivity contribution >= 4 is 0 Å². The molecule has 0 aromatic heterocycles. The average Bonchev–Trinajstić information content (AvgIpc) is 3.53. The molecular formula is C30H41NO3. The second-order valence-electron chi connectivity index (χ2n) is 13.8. The molecule has 4 bridgehead atoms. The molecule has 34 heavy (non-hydrogen) atoms. The minimum Gasteiger partial charge on any atom is -0.508 e. The van der Waals surface area contributed by atoms with Gasteiger partial charge in [0.25, 0.3) is 0 Å². The Balaban J connectivity index is 1.49. The quantitative estimate of drug-likeness (QED) is 0.641. The highest BCUT2D eigenvalue weighted by atomic mass is 16.5. The first-order valence-electron chi connectivity index (χ1n) is 13.6. The molecule has 2 N–H and O–H groups in total. The van der Waals surface area contributed by atoms with Crippen molar-refractivity contribution in [2.45, 2.75) is 88.9 Å². The van der Waals surface area contributed by atoms with Crippen LogP contribution in [-0.4, -0.2) is 52.6 Å². The van der Waals surface area contributed by atoms with Gasteiger partial charge in [-0.2, -0.15) is 0 Å². The third-order valence-electron chi connectivity index (χ3n) is 11.9. The fourth-order valence-electron chi connectivity index (χ4n) is 9.68. The maximum absolute atomic E-state index is 12.2. The summed E-state index contributed by atoms with van der Waals surface area (Å²) in [4.78, 5) is 2.83. The number of phenolic OH excluding ortho intramolecular Hbond substituents is 1. The fourth-order valence-corrected chi connectivity index (χ4v) is 9.68. The van der Waals surface area contributed by atoms with Gasteiger partial charge < -0.3 is 14.9 Å². The van der Waals surface area contributed by atoms with E-state index in [2.05, 4.69) is 50.8 Å². The van der Waals surface area contributed by atoms with E-state index in [9.17, 15) is 10.2 Å². The molecule has 6 aliphatic carbocycles. The van der Waals surface area contributed by atoms with Crippen molar-refractivity contribution in [3.63, 3.8) is 0 Å². The van der Waals surface area contributed by atoms with E-state index in [1.54, 1.807) is 0 Å². The van der Waals surface area contributed by atoms with Crippen LogP contribution in [0.3, 0.4) is 0 Å². The molecule has 8 rings (SSSR count). The van der Waals surface area contributed by atoms with E-state index in [1.165, 1.54) is 36.1 Å². The number of ether oxygens (including phenoxy) is 1. The van der Waals surface area contributed by atoms with Crippen molar-refractivity contribution in [2.75, 3.05) is 20.2 Å². The lowest BCUT2D eigenvalue weighted by Gasteiger charge is -2.74. The summed E-state index contributed by atoms with van der Waals surface area (Å²) in [7, 11) is 1.86. The first-order chi connectivity index (χ1) is 16.0. The molecule has 4 heteroatoms. The molecular weight excluding hydrogens is 422 g/mol. The summed E-state index contributed by atoms with van der Waals surface area (Å²) in [5, 5.41) is 23.3. The van der Waals surface area contributed by atoms with Crippen LogP contribution in [0, 0.1) is 28.6 Å². The molecule has 0 unspecified atom stereocenters. The van der Waals surface area contributed by atoms with Crippen LogP contribution in [0.25, 0.3) is 0 Å². The minimum absolute atomic E-state index is 0.00536. The van der Waals surface area contributed by atoms with Crippen LogP contribution in [0.2, 0.25) is 0 Å². The molecule has 2 spiro atoms. The van der Waals surface area contributed by atoms with Gasteiger partial charge in [0.05, 0.1) is 11.2 Å². The van der Waals surface area contributed by atoms with Gasteiger partial charge in [-0.05, 0) is 86.1 Å². The molecule has 1 aromatic rings. The van der Waals surface area contributed by atoms with Crippen molar-refractivity contribution in [2.24, 2.45) is 28.6 Å². The van der Waals surface area contributed by atoms with Gasteiger partial charge in [-0.3, -0.25) is 4.90 Å². The number of aliphatic hydroxyl groups is 1. The van der Waals surface area contributed by atoms with Crippen LogP contribution < -0.4 is 0 Å². The van der Waals surface area contributed by atoms with Crippen LogP contribution in [0.5, 0.6) is 5.75 Å². The van der Waals surface area contributed by atoms with E-state index < -0.39 is 11.2 Å². The van der Waals surface area contributed by atoms with E-state index in [-0.39, 0.29) is 28.1 Å². The number of fused-ring (bicyclic) bond motifs is 1. The zero-order valence-corrected chi connectivity index (χ0v) is 21.5. The van der Waals surface area contributed by atoms with Crippen LogP contribution in [0.4, 0.5) is 0 Å². The number of hydrogen-bond acceptors (Lipinski definition) is 4. The average molecular weight is 464 g/mol. The molecule has 4 nitrogen and oxygen atoms in total. The summed E-state index contributed by atoms with van der Waals surface area (Å²) in [5.74, 6) is 1.58.